The van der Waals surface area contributed by atoms with Gasteiger partial charge >= 0.3 is 0 Å². The van der Waals surface area contributed by atoms with Gasteiger partial charge in [-0.1, -0.05) is 23.4 Å². The molecule has 1 aromatic carbocycles. The van der Waals surface area contributed by atoms with Crippen molar-refractivity contribution in [3.63, 3.8) is 0 Å². The Labute approximate surface area is 121 Å². The Balaban J connectivity index is 1.67. The van der Waals surface area contributed by atoms with Crippen LogP contribution in [-0.2, 0) is 11.4 Å². The summed E-state index contributed by atoms with van der Waals surface area (Å²) in [6.07, 6.45) is 0.611. The molecule has 0 spiro atoms. The maximum atomic E-state index is 10.3. The Bertz CT molecular complexity index is 594. The van der Waals surface area contributed by atoms with Gasteiger partial charge < -0.3 is 14.9 Å². The Morgan fingerprint density at radius 3 is 3.05 bits per heavy atom. The molecular weight excluding hydrogens is 274 g/mol. The summed E-state index contributed by atoms with van der Waals surface area (Å²) in [4.78, 5) is 5.53. The third-order valence-electron chi connectivity index (χ3n) is 3.45. The maximum Gasteiger partial charge on any atom is 0.260 e. The van der Waals surface area contributed by atoms with Crippen LogP contribution in [0.15, 0.2) is 33.7 Å². The molecule has 1 saturated heterocycles. The number of rotatable bonds is 4. The maximum absolute atomic E-state index is 10.3. The number of nitrogens with one attached hydrogen (secondary N) is 1. The highest BCUT2D eigenvalue weighted by Crippen LogP contribution is 2.28. The lowest BCUT2D eigenvalue weighted by Crippen LogP contribution is -2.28. The van der Waals surface area contributed by atoms with E-state index in [0.717, 1.165) is 6.54 Å². The Hall–Kier alpha value is -1.37. The molecule has 1 fully saturated rings. The number of hydrogen-bond acceptors (Lipinski definition) is 6. The van der Waals surface area contributed by atoms with Gasteiger partial charge in [-0.2, -0.15) is 4.98 Å². The van der Waals surface area contributed by atoms with Crippen molar-refractivity contribution in [2.75, 3.05) is 13.1 Å². The first-order chi connectivity index (χ1) is 9.67. The van der Waals surface area contributed by atoms with E-state index in [4.69, 9.17) is 4.52 Å². The van der Waals surface area contributed by atoms with Crippen LogP contribution in [0.2, 0.25) is 0 Å². The van der Waals surface area contributed by atoms with Crippen LogP contribution in [-0.4, -0.2) is 28.3 Å². The van der Waals surface area contributed by atoms with Crippen LogP contribution in [0.1, 0.15) is 23.7 Å². The van der Waals surface area contributed by atoms with Crippen molar-refractivity contribution in [3.05, 3.63) is 41.5 Å². The SMILES string of the molecule is Cc1ccccc1SCc1noc(C2(O)CCNC2)n1. The predicted octanol–water partition coefficient (Wildman–Crippen LogP) is 1.85. The van der Waals surface area contributed by atoms with E-state index in [1.165, 1.54) is 10.5 Å². The average Bonchev–Trinajstić information content (AvgIpc) is 3.08. The first-order valence-corrected chi connectivity index (χ1v) is 7.60. The van der Waals surface area contributed by atoms with Crippen molar-refractivity contribution in [1.82, 2.24) is 15.5 Å². The molecule has 0 saturated carbocycles. The summed E-state index contributed by atoms with van der Waals surface area (Å²) in [5.74, 6) is 1.58. The third-order valence-corrected chi connectivity index (χ3v) is 4.62. The summed E-state index contributed by atoms with van der Waals surface area (Å²) in [6.45, 7) is 3.32. The third kappa shape index (κ3) is 2.72. The van der Waals surface area contributed by atoms with E-state index in [1.807, 2.05) is 12.1 Å². The van der Waals surface area contributed by atoms with E-state index in [9.17, 15) is 5.11 Å². The quantitative estimate of drug-likeness (QED) is 0.838. The summed E-state index contributed by atoms with van der Waals surface area (Å²) >= 11 is 1.67. The van der Waals surface area contributed by atoms with Gasteiger partial charge in [-0.05, 0) is 31.5 Å². The summed E-state index contributed by atoms with van der Waals surface area (Å²) in [6, 6.07) is 8.20. The standard InChI is InChI=1S/C14H17N3O2S/c1-10-4-2-3-5-11(10)20-8-12-16-13(19-17-12)14(18)6-7-15-9-14/h2-5,15,18H,6-9H2,1H3. The highest BCUT2D eigenvalue weighted by molar-refractivity contribution is 7.98. The lowest BCUT2D eigenvalue weighted by atomic mass is 10.0. The fraction of sp³-hybridized carbons (Fsp3) is 0.429. The zero-order chi connectivity index (χ0) is 14.0. The minimum Gasteiger partial charge on any atom is -0.379 e. The zero-order valence-electron chi connectivity index (χ0n) is 11.3. The molecule has 0 aliphatic carbocycles. The fourth-order valence-corrected chi connectivity index (χ4v) is 3.10. The number of hydrogen-bond donors (Lipinski definition) is 2. The number of aliphatic hydroxyl groups is 1. The van der Waals surface area contributed by atoms with Crippen LogP contribution < -0.4 is 5.32 Å². The highest BCUT2D eigenvalue weighted by Gasteiger charge is 2.38. The minimum atomic E-state index is -1.00. The van der Waals surface area contributed by atoms with Gasteiger partial charge in [0.2, 0.25) is 0 Å². The lowest BCUT2D eigenvalue weighted by Gasteiger charge is -2.14. The Morgan fingerprint density at radius 1 is 1.45 bits per heavy atom. The first-order valence-electron chi connectivity index (χ1n) is 6.62. The van der Waals surface area contributed by atoms with Crippen molar-refractivity contribution in [2.45, 2.75) is 29.6 Å². The second-order valence-electron chi connectivity index (χ2n) is 5.03. The van der Waals surface area contributed by atoms with Gasteiger partial charge in [-0.3, -0.25) is 0 Å². The molecule has 2 heterocycles. The molecule has 1 aliphatic rings. The van der Waals surface area contributed by atoms with Crippen molar-refractivity contribution in [3.8, 4) is 0 Å². The number of aromatic nitrogens is 2. The van der Waals surface area contributed by atoms with Crippen molar-refractivity contribution < 1.29 is 9.63 Å². The van der Waals surface area contributed by atoms with Gasteiger partial charge in [-0.15, -0.1) is 11.8 Å². The molecule has 3 rings (SSSR count). The topological polar surface area (TPSA) is 71.2 Å². The van der Waals surface area contributed by atoms with E-state index in [0.29, 0.717) is 30.4 Å². The average molecular weight is 291 g/mol. The molecule has 1 atom stereocenters. The van der Waals surface area contributed by atoms with Gasteiger partial charge in [0, 0.05) is 11.4 Å². The van der Waals surface area contributed by atoms with E-state index in [-0.39, 0.29) is 0 Å². The van der Waals surface area contributed by atoms with Gasteiger partial charge in [-0.25, -0.2) is 0 Å². The molecule has 0 amide bonds. The van der Waals surface area contributed by atoms with Gasteiger partial charge in [0.1, 0.15) is 0 Å². The second-order valence-corrected chi connectivity index (χ2v) is 6.05. The van der Waals surface area contributed by atoms with Crippen molar-refractivity contribution in [2.24, 2.45) is 0 Å². The summed E-state index contributed by atoms with van der Waals surface area (Å²) < 4.78 is 5.21. The van der Waals surface area contributed by atoms with E-state index >= 15 is 0 Å². The number of thioether (sulfide) groups is 1. The molecule has 106 valence electrons. The number of benzene rings is 1. The summed E-state index contributed by atoms with van der Waals surface area (Å²) in [5.41, 5.74) is 0.235. The number of β-amino-alcohol motifs (C(OH)–C–C–N with tert-alkyl or cyclic N) is 1. The van der Waals surface area contributed by atoms with E-state index in [2.05, 4.69) is 34.5 Å². The van der Waals surface area contributed by atoms with Crippen LogP contribution in [0.25, 0.3) is 0 Å². The zero-order valence-corrected chi connectivity index (χ0v) is 12.1. The smallest absolute Gasteiger partial charge is 0.260 e. The molecule has 1 unspecified atom stereocenters. The summed E-state index contributed by atoms with van der Waals surface area (Å²) in [7, 11) is 0. The number of nitrogens with zero attached hydrogens (tertiary/aromatic N) is 2. The first kappa shape index (κ1) is 13.6. The van der Waals surface area contributed by atoms with Crippen LogP contribution in [0.3, 0.4) is 0 Å². The molecule has 0 bridgehead atoms. The van der Waals surface area contributed by atoms with E-state index < -0.39 is 5.60 Å². The Kier molecular flexibility index (Phi) is 3.78. The summed E-state index contributed by atoms with van der Waals surface area (Å²) in [5, 5.41) is 17.4. The van der Waals surface area contributed by atoms with Crippen LogP contribution in [0.5, 0.6) is 0 Å². The molecule has 1 aliphatic heterocycles. The minimum absolute atomic E-state index is 0.322. The van der Waals surface area contributed by atoms with Crippen LogP contribution in [0, 0.1) is 6.92 Å². The van der Waals surface area contributed by atoms with Gasteiger partial charge in [0.25, 0.3) is 5.89 Å². The fourth-order valence-electron chi connectivity index (χ4n) is 2.22. The van der Waals surface area contributed by atoms with Crippen molar-refractivity contribution in [1.29, 1.82) is 0 Å². The monoisotopic (exact) mass is 291 g/mol. The highest BCUT2D eigenvalue weighted by atomic mass is 32.2. The van der Waals surface area contributed by atoms with Gasteiger partial charge in [0.05, 0.1) is 5.75 Å². The molecule has 2 N–H and O–H groups in total. The molecule has 20 heavy (non-hydrogen) atoms. The normalized spacial score (nSPS) is 22.3. The molecule has 6 heteroatoms. The Morgan fingerprint density at radius 2 is 2.30 bits per heavy atom. The lowest BCUT2D eigenvalue weighted by molar-refractivity contribution is 0.0243. The van der Waals surface area contributed by atoms with E-state index in [1.54, 1.807) is 11.8 Å². The largest absolute Gasteiger partial charge is 0.379 e. The molecule has 1 aromatic heterocycles. The van der Waals surface area contributed by atoms with Crippen LogP contribution in [0.4, 0.5) is 0 Å². The van der Waals surface area contributed by atoms with Gasteiger partial charge in [0.15, 0.2) is 11.4 Å². The molecule has 2 aromatic rings. The molecule has 0 radical (unpaired) electrons. The molecular formula is C14H17N3O2S. The number of aryl methyl sites for hydroxylation is 1. The molecule has 5 nitrogen and oxygen atoms in total. The predicted molar refractivity (Wildman–Crippen MR) is 76.4 cm³/mol. The van der Waals surface area contributed by atoms with Crippen molar-refractivity contribution >= 4 is 11.8 Å². The second kappa shape index (κ2) is 5.55. The van der Waals surface area contributed by atoms with Crippen LogP contribution >= 0.6 is 11.8 Å².